The number of nitrogens with two attached hydrogens (primary N) is 1. The fourth-order valence-corrected chi connectivity index (χ4v) is 3.20. The maximum absolute atomic E-state index is 12.4. The fourth-order valence-electron chi connectivity index (χ4n) is 2.75. The van der Waals surface area contributed by atoms with Crippen LogP contribution in [0.3, 0.4) is 0 Å². The van der Waals surface area contributed by atoms with Crippen molar-refractivity contribution in [2.24, 2.45) is 11.7 Å². The number of rotatable bonds is 3. The summed E-state index contributed by atoms with van der Waals surface area (Å²) in [6.45, 7) is 0.657. The summed E-state index contributed by atoms with van der Waals surface area (Å²) in [5.41, 5.74) is 7.10. The lowest BCUT2D eigenvalue weighted by Crippen LogP contribution is -2.38. The van der Waals surface area contributed by atoms with Gasteiger partial charge in [0.2, 0.25) is 5.91 Å². The van der Waals surface area contributed by atoms with Crippen molar-refractivity contribution < 1.29 is 4.79 Å². The number of benzene rings is 1. The van der Waals surface area contributed by atoms with Crippen LogP contribution in [-0.4, -0.2) is 23.9 Å². The Labute approximate surface area is 135 Å². The van der Waals surface area contributed by atoms with E-state index in [2.05, 4.69) is 22.0 Å². The molecule has 0 radical (unpaired) electrons. The van der Waals surface area contributed by atoms with Crippen molar-refractivity contribution in [1.29, 1.82) is 0 Å². The van der Waals surface area contributed by atoms with Crippen molar-refractivity contribution in [2.45, 2.75) is 38.3 Å². The van der Waals surface area contributed by atoms with Crippen molar-refractivity contribution in [3.63, 3.8) is 0 Å². The van der Waals surface area contributed by atoms with E-state index in [0.29, 0.717) is 6.54 Å². The van der Waals surface area contributed by atoms with Crippen molar-refractivity contribution in [2.75, 3.05) is 7.05 Å². The first-order chi connectivity index (χ1) is 9.06. The minimum Gasteiger partial charge on any atom is -0.341 e. The third-order valence-corrected chi connectivity index (χ3v) is 4.24. The number of carbonyl (C=O) groups excluding carboxylic acids is 1. The number of halogens is 2. The summed E-state index contributed by atoms with van der Waals surface area (Å²) in [5, 5.41) is 0. The van der Waals surface area contributed by atoms with Crippen molar-refractivity contribution in [1.82, 2.24) is 4.90 Å². The van der Waals surface area contributed by atoms with Gasteiger partial charge in [-0.15, -0.1) is 12.4 Å². The summed E-state index contributed by atoms with van der Waals surface area (Å²) in [6.07, 6.45) is 3.94. The van der Waals surface area contributed by atoms with Crippen LogP contribution in [-0.2, 0) is 11.3 Å². The Morgan fingerprint density at radius 2 is 2.20 bits per heavy atom. The smallest absolute Gasteiger partial charge is 0.225 e. The van der Waals surface area contributed by atoms with Crippen molar-refractivity contribution in [3.05, 3.63) is 34.3 Å². The Balaban J connectivity index is 0.00000200. The van der Waals surface area contributed by atoms with E-state index in [0.717, 1.165) is 35.7 Å². The number of carbonyl (C=O) groups is 1. The van der Waals surface area contributed by atoms with Crippen LogP contribution in [0.1, 0.15) is 31.2 Å². The van der Waals surface area contributed by atoms with Crippen LogP contribution in [0.4, 0.5) is 0 Å². The lowest BCUT2D eigenvalue weighted by Gasteiger charge is -2.29. The molecule has 0 saturated heterocycles. The highest BCUT2D eigenvalue weighted by Gasteiger charge is 2.27. The largest absolute Gasteiger partial charge is 0.341 e. The summed E-state index contributed by atoms with van der Waals surface area (Å²) >= 11 is 3.45. The predicted octanol–water partition coefficient (Wildman–Crippen LogP) is 3.35. The summed E-state index contributed by atoms with van der Waals surface area (Å²) < 4.78 is 1.05. The first-order valence-electron chi connectivity index (χ1n) is 6.81. The molecule has 1 amide bonds. The Bertz CT molecular complexity index is 455. The number of amides is 1. The molecule has 0 aromatic heterocycles. The highest BCUT2D eigenvalue weighted by Crippen LogP contribution is 2.25. The minimum absolute atomic E-state index is 0. The molecule has 3 nitrogen and oxygen atoms in total. The van der Waals surface area contributed by atoms with E-state index < -0.39 is 0 Å². The summed E-state index contributed by atoms with van der Waals surface area (Å²) in [7, 11) is 1.88. The van der Waals surface area contributed by atoms with Crippen molar-refractivity contribution >= 4 is 34.2 Å². The van der Waals surface area contributed by atoms with Gasteiger partial charge >= 0.3 is 0 Å². The molecule has 0 heterocycles. The number of nitrogens with zero attached hydrogens (tertiary/aromatic N) is 1. The number of hydrogen-bond acceptors (Lipinski definition) is 2. The second kappa shape index (κ2) is 8.01. The minimum atomic E-state index is 0. The molecule has 5 heteroatoms. The van der Waals surface area contributed by atoms with Crippen LogP contribution in [0, 0.1) is 5.92 Å². The molecule has 2 unspecified atom stereocenters. The lowest BCUT2D eigenvalue weighted by atomic mass is 9.85. The van der Waals surface area contributed by atoms with E-state index >= 15 is 0 Å². The quantitative estimate of drug-likeness (QED) is 0.897. The molecule has 1 saturated carbocycles. The molecular weight excluding hydrogens is 340 g/mol. The van der Waals surface area contributed by atoms with Gasteiger partial charge in [0.25, 0.3) is 0 Å². The van der Waals surface area contributed by atoms with Crippen LogP contribution in [0.15, 0.2) is 28.7 Å². The number of hydrogen-bond donors (Lipinski definition) is 1. The molecule has 1 aliphatic rings. The molecule has 1 fully saturated rings. The highest BCUT2D eigenvalue weighted by molar-refractivity contribution is 9.10. The van der Waals surface area contributed by atoms with Gasteiger partial charge in [-0.1, -0.05) is 34.5 Å². The molecule has 1 aliphatic carbocycles. The van der Waals surface area contributed by atoms with E-state index in [1.165, 1.54) is 0 Å². The van der Waals surface area contributed by atoms with Gasteiger partial charge in [0.15, 0.2) is 0 Å². The van der Waals surface area contributed by atoms with Crippen LogP contribution in [0.5, 0.6) is 0 Å². The SMILES string of the molecule is CN(Cc1cccc(Br)c1)C(=O)C1CCCC(N)C1.Cl. The second-order valence-corrected chi connectivity index (χ2v) is 6.36. The first kappa shape index (κ1) is 17.5. The molecule has 2 rings (SSSR count). The zero-order valence-corrected chi connectivity index (χ0v) is 14.1. The normalized spacial score (nSPS) is 21.9. The molecule has 112 valence electrons. The molecule has 0 bridgehead atoms. The van der Waals surface area contributed by atoms with Gasteiger partial charge < -0.3 is 10.6 Å². The monoisotopic (exact) mass is 360 g/mol. The van der Waals surface area contributed by atoms with E-state index in [1.807, 2.05) is 30.1 Å². The highest BCUT2D eigenvalue weighted by atomic mass is 79.9. The summed E-state index contributed by atoms with van der Waals surface area (Å²) in [5.74, 6) is 0.344. The summed E-state index contributed by atoms with van der Waals surface area (Å²) in [4.78, 5) is 14.2. The summed E-state index contributed by atoms with van der Waals surface area (Å²) in [6, 6.07) is 8.28. The van der Waals surface area contributed by atoms with Gasteiger partial charge in [0.1, 0.15) is 0 Å². The molecule has 1 aromatic carbocycles. The maximum atomic E-state index is 12.4. The molecule has 2 atom stereocenters. The average Bonchev–Trinajstić information content (AvgIpc) is 2.38. The van der Waals surface area contributed by atoms with Gasteiger partial charge in [-0.05, 0) is 37.0 Å². The van der Waals surface area contributed by atoms with Gasteiger partial charge in [-0.25, -0.2) is 0 Å². The Morgan fingerprint density at radius 3 is 2.85 bits per heavy atom. The standard InChI is InChI=1S/C15H21BrN2O.ClH/c1-18(10-11-4-2-6-13(16)8-11)15(19)12-5-3-7-14(17)9-12;/h2,4,6,8,12,14H,3,5,7,9-10,17H2,1H3;1H. The molecule has 20 heavy (non-hydrogen) atoms. The van der Waals surface area contributed by atoms with Gasteiger partial charge in [0.05, 0.1) is 0 Å². The average molecular weight is 362 g/mol. The van der Waals surface area contributed by atoms with Crippen LogP contribution in [0.25, 0.3) is 0 Å². The van der Waals surface area contributed by atoms with E-state index in [9.17, 15) is 4.79 Å². The third-order valence-electron chi connectivity index (χ3n) is 3.75. The Morgan fingerprint density at radius 1 is 1.45 bits per heavy atom. The molecule has 1 aromatic rings. The predicted molar refractivity (Wildman–Crippen MR) is 87.8 cm³/mol. The Hall–Kier alpha value is -0.580. The maximum Gasteiger partial charge on any atom is 0.225 e. The molecule has 0 spiro atoms. The van der Waals surface area contributed by atoms with E-state index in [-0.39, 0.29) is 30.3 Å². The zero-order chi connectivity index (χ0) is 13.8. The van der Waals surface area contributed by atoms with Gasteiger partial charge in [-0.3, -0.25) is 4.79 Å². The van der Waals surface area contributed by atoms with Crippen LogP contribution >= 0.6 is 28.3 Å². The van der Waals surface area contributed by atoms with Gasteiger partial charge in [0, 0.05) is 30.0 Å². The van der Waals surface area contributed by atoms with Gasteiger partial charge in [-0.2, -0.15) is 0 Å². The molecular formula is C15H22BrClN2O. The fraction of sp³-hybridized carbons (Fsp3) is 0.533. The van der Waals surface area contributed by atoms with Crippen LogP contribution < -0.4 is 5.73 Å². The second-order valence-electron chi connectivity index (χ2n) is 5.45. The third kappa shape index (κ3) is 4.76. The topological polar surface area (TPSA) is 46.3 Å². The lowest BCUT2D eigenvalue weighted by molar-refractivity contribution is -0.135. The van der Waals surface area contributed by atoms with E-state index in [4.69, 9.17) is 5.73 Å². The van der Waals surface area contributed by atoms with Crippen molar-refractivity contribution in [3.8, 4) is 0 Å². The Kier molecular flexibility index (Phi) is 7.00. The van der Waals surface area contributed by atoms with Crippen LogP contribution in [0.2, 0.25) is 0 Å². The molecule has 0 aliphatic heterocycles. The van der Waals surface area contributed by atoms with E-state index in [1.54, 1.807) is 0 Å². The zero-order valence-electron chi connectivity index (χ0n) is 11.7. The first-order valence-corrected chi connectivity index (χ1v) is 7.60. The molecule has 2 N–H and O–H groups in total.